The van der Waals surface area contributed by atoms with Crippen molar-refractivity contribution in [1.29, 1.82) is 0 Å². The van der Waals surface area contributed by atoms with Gasteiger partial charge >= 0.3 is 0 Å². The van der Waals surface area contributed by atoms with Crippen molar-refractivity contribution < 1.29 is 18.7 Å². The minimum absolute atomic E-state index is 0.0953. The highest BCUT2D eigenvalue weighted by Gasteiger charge is 2.29. The molecule has 5 nitrogen and oxygen atoms in total. The third-order valence-corrected chi connectivity index (χ3v) is 5.36. The molecule has 28 heavy (non-hydrogen) atoms. The van der Waals surface area contributed by atoms with Gasteiger partial charge in [-0.05, 0) is 54.8 Å². The number of nitrogens with one attached hydrogen (secondary N) is 1. The molecule has 0 saturated carbocycles. The Morgan fingerprint density at radius 3 is 2.39 bits per heavy atom. The Morgan fingerprint density at radius 1 is 1.04 bits per heavy atom. The predicted molar refractivity (Wildman–Crippen MR) is 105 cm³/mol. The fourth-order valence-corrected chi connectivity index (χ4v) is 3.80. The first-order valence-corrected chi connectivity index (χ1v) is 9.81. The molecule has 1 amide bonds. The van der Waals surface area contributed by atoms with E-state index in [0.717, 1.165) is 50.4 Å². The van der Waals surface area contributed by atoms with Gasteiger partial charge in [0.05, 0.1) is 25.4 Å². The predicted octanol–water partition coefficient (Wildman–Crippen LogP) is 3.31. The molecule has 2 aromatic carbocycles. The fourth-order valence-electron chi connectivity index (χ4n) is 3.80. The molecule has 0 aliphatic carbocycles. The standard InChI is InChI=1S/C22H25FN2O3/c23-18-7-3-16(4-8-18)21(20-2-1-13-28-20)24-22(26)17-5-9-19(10-6-17)25-11-14-27-15-12-25/h3-10,20-21H,1-2,11-15H2,(H,24,26)/t20-,21-/m0/s1. The molecule has 2 saturated heterocycles. The molecule has 4 rings (SSSR count). The van der Waals surface area contributed by atoms with Crippen LogP contribution in [-0.2, 0) is 9.47 Å². The van der Waals surface area contributed by atoms with Crippen molar-refractivity contribution >= 4 is 11.6 Å². The molecule has 2 aliphatic heterocycles. The Hall–Kier alpha value is -2.44. The van der Waals surface area contributed by atoms with E-state index in [-0.39, 0.29) is 23.9 Å². The first-order chi connectivity index (χ1) is 13.7. The number of benzene rings is 2. The van der Waals surface area contributed by atoms with Crippen molar-refractivity contribution in [2.75, 3.05) is 37.8 Å². The Bertz CT molecular complexity index is 782. The zero-order valence-corrected chi connectivity index (χ0v) is 15.8. The first kappa shape index (κ1) is 18.9. The molecule has 148 valence electrons. The molecule has 0 bridgehead atoms. The van der Waals surface area contributed by atoms with Gasteiger partial charge < -0.3 is 19.7 Å². The summed E-state index contributed by atoms with van der Waals surface area (Å²) >= 11 is 0. The van der Waals surface area contributed by atoms with E-state index < -0.39 is 0 Å². The zero-order valence-electron chi connectivity index (χ0n) is 15.8. The Balaban J connectivity index is 1.48. The molecule has 2 fully saturated rings. The number of morpholine rings is 1. The summed E-state index contributed by atoms with van der Waals surface area (Å²) in [5.41, 5.74) is 2.54. The average Bonchev–Trinajstić information content (AvgIpc) is 3.28. The van der Waals surface area contributed by atoms with Crippen LogP contribution in [0, 0.1) is 5.82 Å². The van der Waals surface area contributed by atoms with Crippen molar-refractivity contribution in [3.05, 3.63) is 65.5 Å². The summed E-state index contributed by atoms with van der Waals surface area (Å²) in [7, 11) is 0. The molecule has 2 atom stereocenters. The lowest BCUT2D eigenvalue weighted by atomic mass is 9.98. The van der Waals surface area contributed by atoms with E-state index in [1.165, 1.54) is 12.1 Å². The van der Waals surface area contributed by atoms with E-state index in [1.54, 1.807) is 12.1 Å². The van der Waals surface area contributed by atoms with Gasteiger partial charge in [-0.3, -0.25) is 4.79 Å². The summed E-state index contributed by atoms with van der Waals surface area (Å²) in [6.45, 7) is 3.85. The number of ether oxygens (including phenoxy) is 2. The van der Waals surface area contributed by atoms with Crippen LogP contribution in [0.15, 0.2) is 48.5 Å². The summed E-state index contributed by atoms with van der Waals surface area (Å²) in [5.74, 6) is -0.446. The van der Waals surface area contributed by atoms with E-state index in [0.29, 0.717) is 12.2 Å². The Labute approximate surface area is 164 Å². The van der Waals surface area contributed by atoms with Gasteiger partial charge in [-0.2, -0.15) is 0 Å². The number of hydrogen-bond donors (Lipinski definition) is 1. The third-order valence-electron chi connectivity index (χ3n) is 5.36. The maximum atomic E-state index is 13.3. The molecule has 6 heteroatoms. The van der Waals surface area contributed by atoms with Crippen molar-refractivity contribution in [3.63, 3.8) is 0 Å². The second kappa shape index (κ2) is 8.71. The van der Waals surface area contributed by atoms with Crippen molar-refractivity contribution in [3.8, 4) is 0 Å². The Morgan fingerprint density at radius 2 is 1.75 bits per heavy atom. The van der Waals surface area contributed by atoms with Crippen LogP contribution in [0.1, 0.15) is 34.8 Å². The maximum absolute atomic E-state index is 13.3. The number of rotatable bonds is 5. The van der Waals surface area contributed by atoms with Gasteiger partial charge in [0.1, 0.15) is 5.82 Å². The number of carbonyl (C=O) groups is 1. The first-order valence-electron chi connectivity index (χ1n) is 9.81. The van der Waals surface area contributed by atoms with Gasteiger partial charge in [0.15, 0.2) is 0 Å². The van der Waals surface area contributed by atoms with E-state index >= 15 is 0 Å². The number of anilines is 1. The number of halogens is 1. The molecule has 0 unspecified atom stereocenters. The lowest BCUT2D eigenvalue weighted by molar-refractivity contribution is 0.0672. The summed E-state index contributed by atoms with van der Waals surface area (Å²) in [6, 6.07) is 13.6. The van der Waals surface area contributed by atoms with Crippen LogP contribution in [-0.4, -0.2) is 44.9 Å². The second-order valence-electron chi connectivity index (χ2n) is 7.20. The normalized spacial score (nSPS) is 20.8. The Kier molecular flexibility index (Phi) is 5.88. The van der Waals surface area contributed by atoms with Gasteiger partial charge in [-0.25, -0.2) is 4.39 Å². The lowest BCUT2D eigenvalue weighted by Crippen LogP contribution is -2.37. The van der Waals surface area contributed by atoms with E-state index in [1.807, 2.05) is 24.3 Å². The third kappa shape index (κ3) is 4.34. The second-order valence-corrected chi connectivity index (χ2v) is 7.20. The minimum atomic E-state index is -0.297. The van der Waals surface area contributed by atoms with Gasteiger partial charge in [0, 0.05) is 30.9 Å². The van der Waals surface area contributed by atoms with E-state index in [9.17, 15) is 9.18 Å². The average molecular weight is 384 g/mol. The molecular weight excluding hydrogens is 359 g/mol. The molecule has 0 spiro atoms. The van der Waals surface area contributed by atoms with Crippen LogP contribution >= 0.6 is 0 Å². The number of hydrogen-bond acceptors (Lipinski definition) is 4. The molecule has 0 radical (unpaired) electrons. The summed E-state index contributed by atoms with van der Waals surface area (Å²) < 4.78 is 24.5. The van der Waals surface area contributed by atoms with E-state index in [4.69, 9.17) is 9.47 Å². The van der Waals surface area contributed by atoms with Gasteiger partial charge in [0.25, 0.3) is 5.91 Å². The molecule has 2 aromatic rings. The summed E-state index contributed by atoms with van der Waals surface area (Å²) in [5, 5.41) is 3.09. The SMILES string of the molecule is O=C(N[C@@H](c1ccc(F)cc1)[C@@H]1CCCO1)c1ccc(N2CCOCC2)cc1. The molecule has 0 aromatic heterocycles. The monoisotopic (exact) mass is 384 g/mol. The molecular formula is C22H25FN2O3. The highest BCUT2D eigenvalue weighted by atomic mass is 19.1. The smallest absolute Gasteiger partial charge is 0.251 e. The van der Waals surface area contributed by atoms with Gasteiger partial charge in [-0.1, -0.05) is 12.1 Å². The largest absolute Gasteiger partial charge is 0.378 e. The van der Waals surface area contributed by atoms with Crippen molar-refractivity contribution in [2.24, 2.45) is 0 Å². The number of carbonyl (C=O) groups excluding carboxylic acids is 1. The summed E-state index contributed by atoms with van der Waals surface area (Å²) in [4.78, 5) is 15.1. The molecule has 1 N–H and O–H groups in total. The fraction of sp³-hybridized carbons (Fsp3) is 0.409. The molecule has 2 aliphatic rings. The van der Waals surface area contributed by atoms with Gasteiger partial charge in [0.2, 0.25) is 0 Å². The van der Waals surface area contributed by atoms with Gasteiger partial charge in [-0.15, -0.1) is 0 Å². The van der Waals surface area contributed by atoms with Crippen LogP contribution in [0.4, 0.5) is 10.1 Å². The van der Waals surface area contributed by atoms with E-state index in [2.05, 4.69) is 10.2 Å². The number of amides is 1. The van der Waals surface area contributed by atoms with Crippen LogP contribution < -0.4 is 10.2 Å². The minimum Gasteiger partial charge on any atom is -0.378 e. The van der Waals surface area contributed by atoms with Crippen LogP contribution in [0.2, 0.25) is 0 Å². The highest BCUT2D eigenvalue weighted by Crippen LogP contribution is 2.28. The lowest BCUT2D eigenvalue weighted by Gasteiger charge is -2.29. The quantitative estimate of drug-likeness (QED) is 0.859. The topological polar surface area (TPSA) is 50.8 Å². The van der Waals surface area contributed by atoms with Crippen molar-refractivity contribution in [2.45, 2.75) is 25.0 Å². The highest BCUT2D eigenvalue weighted by molar-refractivity contribution is 5.94. The summed E-state index contributed by atoms with van der Waals surface area (Å²) in [6.07, 6.45) is 1.74. The number of nitrogens with zero attached hydrogens (tertiary/aromatic N) is 1. The van der Waals surface area contributed by atoms with Crippen molar-refractivity contribution in [1.82, 2.24) is 5.32 Å². The zero-order chi connectivity index (χ0) is 19.3. The van der Waals surface area contributed by atoms with Crippen LogP contribution in [0.3, 0.4) is 0 Å². The van der Waals surface area contributed by atoms with Crippen LogP contribution in [0.5, 0.6) is 0 Å². The molecule has 2 heterocycles. The maximum Gasteiger partial charge on any atom is 0.251 e. The van der Waals surface area contributed by atoms with Crippen LogP contribution in [0.25, 0.3) is 0 Å².